The van der Waals surface area contributed by atoms with Crippen molar-refractivity contribution >= 4 is 70.2 Å². The summed E-state index contributed by atoms with van der Waals surface area (Å²) in [6, 6.07) is 40.5. The Balaban J connectivity index is 1.22. The van der Waals surface area contributed by atoms with Crippen molar-refractivity contribution in [3.63, 3.8) is 0 Å². The summed E-state index contributed by atoms with van der Waals surface area (Å²) >= 11 is 0. The molecule has 0 aliphatic carbocycles. The second-order valence-corrected chi connectivity index (χ2v) is 10.2. The Morgan fingerprint density at radius 3 is 1.50 bits per heavy atom. The average Bonchev–Trinajstić information content (AvgIpc) is 2.93. The smallest absolute Gasteiger partial charge is 0.00207 e. The number of aryl methyl sites for hydroxylation is 1. The molecule has 0 saturated carbocycles. The second-order valence-electron chi connectivity index (χ2n) is 10.2. The summed E-state index contributed by atoms with van der Waals surface area (Å²) in [5, 5.41) is 16.1. The molecule has 0 unspecified atom stereocenters. The highest BCUT2D eigenvalue weighted by Crippen LogP contribution is 2.39. The Labute approximate surface area is 209 Å². The highest BCUT2D eigenvalue weighted by atomic mass is 14.2. The van der Waals surface area contributed by atoms with Gasteiger partial charge in [0.1, 0.15) is 0 Å². The standard InChI is InChI=1S/C36H24/c1-22(30-19-16-29-15-13-25-5-3-7-27-18-21-32(30)36(29)34(25)27)8-9-23-10-11-28-14-12-24-4-2-6-26-17-20-31(23)35(28)33(24)26/h2-7,10-21H,1,8-9H2. The van der Waals surface area contributed by atoms with Crippen LogP contribution in [-0.2, 0) is 6.42 Å². The molecule has 0 amide bonds. The van der Waals surface area contributed by atoms with Crippen molar-refractivity contribution < 1.29 is 0 Å². The van der Waals surface area contributed by atoms with Gasteiger partial charge in [-0.1, -0.05) is 116 Å². The molecule has 8 aromatic carbocycles. The molecule has 0 bridgehead atoms. The third kappa shape index (κ3) is 2.70. The van der Waals surface area contributed by atoms with Gasteiger partial charge >= 0.3 is 0 Å². The van der Waals surface area contributed by atoms with Crippen LogP contribution in [0.15, 0.2) is 116 Å². The minimum Gasteiger partial charge on any atom is -0.0952 e. The molecule has 0 radical (unpaired) electrons. The molecule has 0 spiro atoms. The van der Waals surface area contributed by atoms with Crippen molar-refractivity contribution in [2.24, 2.45) is 0 Å². The van der Waals surface area contributed by atoms with Crippen molar-refractivity contribution in [3.8, 4) is 0 Å². The van der Waals surface area contributed by atoms with E-state index in [1.807, 2.05) is 0 Å². The molecule has 0 heterocycles. The summed E-state index contributed by atoms with van der Waals surface area (Å²) in [6.07, 6.45) is 1.92. The topological polar surface area (TPSA) is 0 Å². The van der Waals surface area contributed by atoms with Gasteiger partial charge in [0.2, 0.25) is 0 Å². The van der Waals surface area contributed by atoms with Crippen molar-refractivity contribution in [2.45, 2.75) is 12.8 Å². The van der Waals surface area contributed by atoms with Crippen molar-refractivity contribution in [1.29, 1.82) is 0 Å². The summed E-state index contributed by atoms with van der Waals surface area (Å²) in [7, 11) is 0. The van der Waals surface area contributed by atoms with E-state index >= 15 is 0 Å². The molecular weight excluding hydrogens is 432 g/mol. The lowest BCUT2D eigenvalue weighted by Gasteiger charge is -2.16. The van der Waals surface area contributed by atoms with Gasteiger partial charge in [0.05, 0.1) is 0 Å². The first-order chi connectivity index (χ1) is 17.8. The fourth-order valence-corrected chi connectivity index (χ4v) is 6.48. The molecule has 8 rings (SSSR count). The number of hydrogen-bond donors (Lipinski definition) is 0. The quantitative estimate of drug-likeness (QED) is 0.231. The van der Waals surface area contributed by atoms with Gasteiger partial charge in [-0.05, 0) is 94.2 Å². The van der Waals surface area contributed by atoms with E-state index in [2.05, 4.69) is 116 Å². The summed E-state index contributed by atoms with van der Waals surface area (Å²) in [6.45, 7) is 4.58. The number of allylic oxidation sites excluding steroid dienone is 1. The van der Waals surface area contributed by atoms with E-state index in [4.69, 9.17) is 0 Å². The highest BCUT2D eigenvalue weighted by Gasteiger charge is 2.14. The Bertz CT molecular complexity index is 2080. The lowest BCUT2D eigenvalue weighted by Crippen LogP contribution is -1.94. The second kappa shape index (κ2) is 7.29. The zero-order valence-electron chi connectivity index (χ0n) is 20.0. The van der Waals surface area contributed by atoms with Crippen LogP contribution in [0.2, 0.25) is 0 Å². The predicted octanol–water partition coefficient (Wildman–Crippen LogP) is 10.1. The van der Waals surface area contributed by atoms with Crippen LogP contribution in [0.25, 0.3) is 70.2 Å². The molecule has 0 aliphatic rings. The molecule has 0 heteroatoms. The molecule has 0 saturated heterocycles. The van der Waals surface area contributed by atoms with E-state index in [9.17, 15) is 0 Å². The van der Waals surface area contributed by atoms with E-state index < -0.39 is 0 Å². The number of benzene rings is 8. The number of hydrogen-bond acceptors (Lipinski definition) is 0. The molecule has 8 aromatic rings. The lowest BCUT2D eigenvalue weighted by atomic mass is 9.87. The molecule has 0 nitrogen and oxygen atoms in total. The van der Waals surface area contributed by atoms with Gasteiger partial charge in [-0.3, -0.25) is 0 Å². The van der Waals surface area contributed by atoms with E-state index in [1.54, 1.807) is 0 Å². The molecule has 168 valence electrons. The van der Waals surface area contributed by atoms with Gasteiger partial charge in [0, 0.05) is 0 Å². The van der Waals surface area contributed by atoms with Gasteiger partial charge in [-0.25, -0.2) is 0 Å². The summed E-state index contributed by atoms with van der Waals surface area (Å²) in [5.41, 5.74) is 3.89. The Morgan fingerprint density at radius 2 is 0.889 bits per heavy atom. The molecule has 0 atom stereocenters. The third-order valence-electron chi connectivity index (χ3n) is 8.22. The molecule has 0 aromatic heterocycles. The number of rotatable bonds is 4. The van der Waals surface area contributed by atoms with E-state index in [-0.39, 0.29) is 0 Å². The van der Waals surface area contributed by atoms with Crippen LogP contribution in [0.5, 0.6) is 0 Å². The predicted molar refractivity (Wildman–Crippen MR) is 158 cm³/mol. The van der Waals surface area contributed by atoms with Crippen LogP contribution in [0.1, 0.15) is 17.5 Å². The molecular formula is C36H24. The Hall–Kier alpha value is -4.42. The fourth-order valence-electron chi connectivity index (χ4n) is 6.48. The average molecular weight is 457 g/mol. The Morgan fingerprint density at radius 1 is 0.444 bits per heavy atom. The van der Waals surface area contributed by atoms with Crippen molar-refractivity contribution in [1.82, 2.24) is 0 Å². The first-order valence-electron chi connectivity index (χ1n) is 12.8. The maximum Gasteiger partial charge on any atom is -0.00207 e. The van der Waals surface area contributed by atoms with Crippen LogP contribution < -0.4 is 0 Å². The van der Waals surface area contributed by atoms with Gasteiger partial charge in [-0.2, -0.15) is 0 Å². The SMILES string of the molecule is C=C(CCc1ccc2ccc3cccc4ccc1c2c34)c1ccc2ccc3cccc4ccc1c2c34. The maximum atomic E-state index is 4.58. The largest absolute Gasteiger partial charge is 0.0952 e. The van der Waals surface area contributed by atoms with Crippen LogP contribution in [-0.4, -0.2) is 0 Å². The zero-order valence-corrected chi connectivity index (χ0v) is 20.0. The minimum absolute atomic E-state index is 0.938. The first kappa shape index (κ1) is 19.8. The first-order valence-corrected chi connectivity index (χ1v) is 12.8. The Kier molecular flexibility index (Phi) is 4.02. The summed E-state index contributed by atoms with van der Waals surface area (Å²) in [5.74, 6) is 0. The molecule has 0 fully saturated rings. The van der Waals surface area contributed by atoms with Crippen molar-refractivity contribution in [2.75, 3.05) is 0 Å². The summed E-state index contributed by atoms with van der Waals surface area (Å²) in [4.78, 5) is 0. The van der Waals surface area contributed by atoms with Crippen molar-refractivity contribution in [3.05, 3.63) is 127 Å². The summed E-state index contributed by atoms with van der Waals surface area (Å²) < 4.78 is 0. The molecule has 0 N–H and O–H groups in total. The normalized spacial score (nSPS) is 12.2. The molecule has 0 aliphatic heterocycles. The minimum atomic E-state index is 0.938. The lowest BCUT2D eigenvalue weighted by molar-refractivity contribution is 1.03. The van der Waals surface area contributed by atoms with E-state index in [0.717, 1.165) is 12.8 Å². The monoisotopic (exact) mass is 456 g/mol. The highest BCUT2D eigenvalue weighted by molar-refractivity contribution is 6.25. The van der Waals surface area contributed by atoms with E-state index in [1.165, 1.54) is 81.3 Å². The third-order valence-corrected chi connectivity index (χ3v) is 8.22. The van der Waals surface area contributed by atoms with Crippen LogP contribution in [0, 0.1) is 0 Å². The van der Waals surface area contributed by atoms with Crippen LogP contribution in [0.3, 0.4) is 0 Å². The van der Waals surface area contributed by atoms with Gasteiger partial charge in [-0.15, -0.1) is 0 Å². The van der Waals surface area contributed by atoms with Crippen LogP contribution >= 0.6 is 0 Å². The van der Waals surface area contributed by atoms with Crippen LogP contribution in [0.4, 0.5) is 0 Å². The maximum absolute atomic E-state index is 4.58. The van der Waals surface area contributed by atoms with Gasteiger partial charge in [0.25, 0.3) is 0 Å². The van der Waals surface area contributed by atoms with Gasteiger partial charge < -0.3 is 0 Å². The van der Waals surface area contributed by atoms with Gasteiger partial charge in [0.15, 0.2) is 0 Å². The zero-order chi connectivity index (χ0) is 23.8. The molecule has 36 heavy (non-hydrogen) atoms. The van der Waals surface area contributed by atoms with E-state index in [0.29, 0.717) is 0 Å². The fraction of sp³-hybridized carbons (Fsp3) is 0.0556.